The Morgan fingerprint density at radius 3 is 2.57 bits per heavy atom. The highest BCUT2D eigenvalue weighted by Gasteiger charge is 2.03. The zero-order chi connectivity index (χ0) is 16.1. The summed E-state index contributed by atoms with van der Waals surface area (Å²) >= 11 is 6.05. The van der Waals surface area contributed by atoms with E-state index in [4.69, 9.17) is 11.6 Å². The van der Waals surface area contributed by atoms with E-state index in [0.29, 0.717) is 11.6 Å². The van der Waals surface area contributed by atoms with Crippen molar-refractivity contribution in [3.8, 4) is 0 Å². The summed E-state index contributed by atoms with van der Waals surface area (Å²) in [5, 5.41) is 7.26. The van der Waals surface area contributed by atoms with Crippen molar-refractivity contribution < 1.29 is 0 Å². The third-order valence-electron chi connectivity index (χ3n) is 3.45. The van der Waals surface area contributed by atoms with E-state index < -0.39 is 0 Å². The average Bonchev–Trinajstić information content (AvgIpc) is 2.58. The lowest BCUT2D eigenvalue weighted by Crippen LogP contribution is -2.03. The molecule has 0 aliphatic rings. The van der Waals surface area contributed by atoms with Gasteiger partial charge in [-0.1, -0.05) is 48.0 Å². The van der Waals surface area contributed by atoms with Crippen LogP contribution in [0.5, 0.6) is 0 Å². The molecule has 0 atom stereocenters. The van der Waals surface area contributed by atoms with Crippen molar-refractivity contribution in [3.05, 3.63) is 77.1 Å². The Morgan fingerprint density at radius 1 is 0.957 bits per heavy atom. The second-order valence-corrected chi connectivity index (χ2v) is 5.65. The quantitative estimate of drug-likeness (QED) is 0.708. The zero-order valence-electron chi connectivity index (χ0n) is 12.8. The molecule has 0 unspecified atom stereocenters. The first-order valence-electron chi connectivity index (χ1n) is 7.34. The Labute approximate surface area is 140 Å². The van der Waals surface area contributed by atoms with Gasteiger partial charge in [0.1, 0.15) is 18.0 Å². The summed E-state index contributed by atoms with van der Waals surface area (Å²) in [6.07, 6.45) is 1.54. The van der Waals surface area contributed by atoms with Crippen LogP contribution in [0.1, 0.15) is 11.1 Å². The molecule has 0 fully saturated rings. The number of nitrogens with zero attached hydrogens (tertiary/aromatic N) is 2. The summed E-state index contributed by atoms with van der Waals surface area (Å²) in [6, 6.07) is 17.8. The van der Waals surface area contributed by atoms with E-state index in [1.165, 1.54) is 11.9 Å². The average molecular weight is 325 g/mol. The molecule has 2 N–H and O–H groups in total. The largest absolute Gasteiger partial charge is 0.366 e. The van der Waals surface area contributed by atoms with Crippen molar-refractivity contribution >= 4 is 28.9 Å². The molecule has 0 saturated carbocycles. The first-order valence-corrected chi connectivity index (χ1v) is 7.71. The molecule has 4 nitrogen and oxygen atoms in total. The number of hydrogen-bond acceptors (Lipinski definition) is 4. The van der Waals surface area contributed by atoms with E-state index in [-0.39, 0.29) is 0 Å². The number of aromatic nitrogens is 2. The van der Waals surface area contributed by atoms with Crippen molar-refractivity contribution in [2.45, 2.75) is 13.5 Å². The summed E-state index contributed by atoms with van der Waals surface area (Å²) in [5.41, 5.74) is 3.24. The fourth-order valence-electron chi connectivity index (χ4n) is 2.18. The van der Waals surface area contributed by atoms with Gasteiger partial charge in [0.15, 0.2) is 0 Å². The maximum atomic E-state index is 6.05. The SMILES string of the molecule is Cc1ccc(Cl)cc1Nc1cc(NCc2ccccc2)ncn1. The van der Waals surface area contributed by atoms with E-state index in [9.17, 15) is 0 Å². The molecule has 3 rings (SSSR count). The highest BCUT2D eigenvalue weighted by atomic mass is 35.5. The van der Waals surface area contributed by atoms with Crippen LogP contribution in [0, 0.1) is 6.92 Å². The Kier molecular flexibility index (Phi) is 4.74. The minimum absolute atomic E-state index is 0.689. The van der Waals surface area contributed by atoms with E-state index in [2.05, 4.69) is 32.7 Å². The number of benzene rings is 2. The van der Waals surface area contributed by atoms with Gasteiger partial charge < -0.3 is 10.6 Å². The van der Waals surface area contributed by atoms with Gasteiger partial charge in [0.25, 0.3) is 0 Å². The van der Waals surface area contributed by atoms with Crippen molar-refractivity contribution in [2.24, 2.45) is 0 Å². The molecule has 1 heterocycles. The monoisotopic (exact) mass is 324 g/mol. The summed E-state index contributed by atoms with van der Waals surface area (Å²) in [6.45, 7) is 2.74. The molecular weight excluding hydrogens is 308 g/mol. The maximum Gasteiger partial charge on any atom is 0.135 e. The molecule has 0 spiro atoms. The van der Waals surface area contributed by atoms with Crippen LogP contribution in [-0.4, -0.2) is 9.97 Å². The third-order valence-corrected chi connectivity index (χ3v) is 3.68. The minimum Gasteiger partial charge on any atom is -0.366 e. The lowest BCUT2D eigenvalue weighted by Gasteiger charge is -2.11. The number of anilines is 3. The van der Waals surface area contributed by atoms with Gasteiger partial charge in [-0.05, 0) is 30.2 Å². The first kappa shape index (κ1) is 15.3. The van der Waals surface area contributed by atoms with Gasteiger partial charge in [0.2, 0.25) is 0 Å². The van der Waals surface area contributed by atoms with Crippen LogP contribution < -0.4 is 10.6 Å². The summed E-state index contributed by atoms with van der Waals surface area (Å²) in [5.74, 6) is 1.49. The van der Waals surface area contributed by atoms with Crippen molar-refractivity contribution in [2.75, 3.05) is 10.6 Å². The molecule has 3 aromatic rings. The van der Waals surface area contributed by atoms with Crippen LogP contribution in [0.4, 0.5) is 17.3 Å². The normalized spacial score (nSPS) is 10.3. The molecule has 2 aromatic carbocycles. The second kappa shape index (κ2) is 7.11. The topological polar surface area (TPSA) is 49.8 Å². The smallest absolute Gasteiger partial charge is 0.135 e. The van der Waals surface area contributed by atoms with Gasteiger partial charge in [-0.3, -0.25) is 0 Å². The molecule has 0 radical (unpaired) electrons. The maximum absolute atomic E-state index is 6.05. The van der Waals surface area contributed by atoms with E-state index >= 15 is 0 Å². The van der Waals surface area contributed by atoms with Gasteiger partial charge in [-0.15, -0.1) is 0 Å². The number of aryl methyl sites for hydroxylation is 1. The Bertz CT molecular complexity index is 790. The standard InChI is InChI=1S/C18H17ClN4/c1-13-7-8-15(19)9-16(13)23-18-10-17(21-12-22-18)20-11-14-5-3-2-4-6-14/h2-10,12H,11H2,1H3,(H2,20,21,22,23). The lowest BCUT2D eigenvalue weighted by molar-refractivity contribution is 1.08. The Morgan fingerprint density at radius 2 is 1.74 bits per heavy atom. The van der Waals surface area contributed by atoms with Gasteiger partial charge in [0, 0.05) is 23.3 Å². The van der Waals surface area contributed by atoms with Gasteiger partial charge >= 0.3 is 0 Å². The molecular formula is C18H17ClN4. The predicted octanol–water partition coefficient (Wildman–Crippen LogP) is 4.79. The molecule has 5 heteroatoms. The zero-order valence-corrected chi connectivity index (χ0v) is 13.5. The molecule has 0 amide bonds. The van der Waals surface area contributed by atoms with Crippen LogP contribution in [0.2, 0.25) is 5.02 Å². The van der Waals surface area contributed by atoms with Crippen molar-refractivity contribution in [1.29, 1.82) is 0 Å². The molecule has 0 bridgehead atoms. The van der Waals surface area contributed by atoms with Crippen LogP contribution in [-0.2, 0) is 6.54 Å². The fraction of sp³-hybridized carbons (Fsp3) is 0.111. The van der Waals surface area contributed by atoms with Crippen molar-refractivity contribution in [3.63, 3.8) is 0 Å². The molecule has 116 valence electrons. The summed E-state index contributed by atoms with van der Waals surface area (Å²) in [4.78, 5) is 8.50. The molecule has 1 aromatic heterocycles. The summed E-state index contributed by atoms with van der Waals surface area (Å²) < 4.78 is 0. The molecule has 0 saturated heterocycles. The number of halogens is 1. The van der Waals surface area contributed by atoms with E-state index in [0.717, 1.165) is 22.9 Å². The highest BCUT2D eigenvalue weighted by Crippen LogP contribution is 2.23. The number of nitrogens with one attached hydrogen (secondary N) is 2. The van der Waals surface area contributed by atoms with E-state index in [1.807, 2.05) is 49.4 Å². The van der Waals surface area contributed by atoms with Crippen molar-refractivity contribution in [1.82, 2.24) is 9.97 Å². The molecule has 23 heavy (non-hydrogen) atoms. The Hall–Kier alpha value is -2.59. The van der Waals surface area contributed by atoms with Gasteiger partial charge in [-0.2, -0.15) is 0 Å². The molecule has 0 aliphatic heterocycles. The fourth-order valence-corrected chi connectivity index (χ4v) is 2.35. The minimum atomic E-state index is 0.689. The van der Waals surface area contributed by atoms with Gasteiger partial charge in [-0.25, -0.2) is 9.97 Å². The summed E-state index contributed by atoms with van der Waals surface area (Å²) in [7, 11) is 0. The predicted molar refractivity (Wildman–Crippen MR) is 95.3 cm³/mol. The molecule has 0 aliphatic carbocycles. The second-order valence-electron chi connectivity index (χ2n) is 5.21. The number of rotatable bonds is 5. The highest BCUT2D eigenvalue weighted by molar-refractivity contribution is 6.30. The van der Waals surface area contributed by atoms with E-state index in [1.54, 1.807) is 0 Å². The van der Waals surface area contributed by atoms with Crippen LogP contribution in [0.15, 0.2) is 60.9 Å². The first-order chi connectivity index (χ1) is 11.2. The number of hydrogen-bond donors (Lipinski definition) is 2. The van der Waals surface area contributed by atoms with Crippen LogP contribution >= 0.6 is 11.6 Å². The van der Waals surface area contributed by atoms with Crippen LogP contribution in [0.3, 0.4) is 0 Å². The third kappa shape index (κ3) is 4.20. The Balaban J connectivity index is 1.71. The van der Waals surface area contributed by atoms with Gasteiger partial charge in [0.05, 0.1) is 0 Å². The van der Waals surface area contributed by atoms with Crippen LogP contribution in [0.25, 0.3) is 0 Å². The lowest BCUT2D eigenvalue weighted by atomic mass is 10.2.